The molecule has 0 N–H and O–H groups in total. The van der Waals surface area contributed by atoms with E-state index in [1.807, 2.05) is 0 Å². The zero-order valence-corrected chi connectivity index (χ0v) is 20.2. The van der Waals surface area contributed by atoms with Gasteiger partial charge < -0.3 is 9.47 Å². The molecule has 154 valence electrons. The second kappa shape index (κ2) is 8.89. The fraction of sp³-hybridized carbons (Fsp3) is 0.583. The Bertz CT molecular complexity index is 723. The highest BCUT2D eigenvalue weighted by molar-refractivity contribution is 7.63. The minimum Gasteiger partial charge on any atom is -0.489 e. The van der Waals surface area contributed by atoms with E-state index in [-0.39, 0.29) is 15.8 Å². The van der Waals surface area contributed by atoms with Gasteiger partial charge in [-0.15, -0.1) is 0 Å². The predicted molar refractivity (Wildman–Crippen MR) is 128 cm³/mol. The van der Waals surface area contributed by atoms with Crippen molar-refractivity contribution in [3.05, 3.63) is 36.4 Å². The van der Waals surface area contributed by atoms with Gasteiger partial charge in [0.15, 0.2) is 11.5 Å². The zero-order chi connectivity index (χ0) is 20.4. The molecule has 2 nitrogen and oxygen atoms in total. The van der Waals surface area contributed by atoms with Crippen LogP contribution in [0.15, 0.2) is 36.4 Å². The molecular weight excluding hydrogens is 382 g/mol. The van der Waals surface area contributed by atoms with Crippen molar-refractivity contribution in [3.63, 3.8) is 0 Å². The van der Waals surface area contributed by atoms with Gasteiger partial charge in [0, 0.05) is 12.3 Å². The van der Waals surface area contributed by atoms with Gasteiger partial charge in [-0.05, 0) is 45.5 Å². The van der Waals surface area contributed by atoms with Crippen molar-refractivity contribution in [3.8, 4) is 11.5 Å². The number of benzene rings is 2. The van der Waals surface area contributed by atoms with Gasteiger partial charge in [0.2, 0.25) is 0 Å². The normalized spacial score (nSPS) is 22.4. The Morgan fingerprint density at radius 3 is 1.39 bits per heavy atom. The molecule has 1 aliphatic heterocycles. The highest BCUT2D eigenvalue weighted by Gasteiger charge is 2.29. The molecule has 0 fully saturated rings. The van der Waals surface area contributed by atoms with Crippen LogP contribution in [0.25, 0.3) is 10.8 Å². The first-order valence-electron chi connectivity index (χ1n) is 10.4. The van der Waals surface area contributed by atoms with Crippen molar-refractivity contribution in [2.75, 3.05) is 37.9 Å². The van der Waals surface area contributed by atoms with E-state index in [0.29, 0.717) is 10.3 Å². The number of ether oxygens (including phenoxy) is 2. The molecule has 0 aliphatic carbocycles. The van der Waals surface area contributed by atoms with Gasteiger partial charge in [0.25, 0.3) is 0 Å². The Morgan fingerprint density at radius 1 is 0.643 bits per heavy atom. The molecule has 0 spiro atoms. The summed E-state index contributed by atoms with van der Waals surface area (Å²) < 4.78 is 12.6. The first-order valence-corrected chi connectivity index (χ1v) is 13.9. The minimum absolute atomic E-state index is 0.0531. The second-order valence-corrected chi connectivity index (χ2v) is 16.3. The highest BCUT2D eigenvalue weighted by Crippen LogP contribution is 2.55. The first-order chi connectivity index (χ1) is 13.1. The quantitative estimate of drug-likeness (QED) is 0.422. The topological polar surface area (TPSA) is 18.5 Å². The summed E-state index contributed by atoms with van der Waals surface area (Å²) in [4.78, 5) is 0. The molecule has 0 radical (unpaired) electrons. The van der Waals surface area contributed by atoms with Crippen LogP contribution in [0.4, 0.5) is 0 Å². The third kappa shape index (κ3) is 5.61. The van der Waals surface area contributed by atoms with E-state index in [0.717, 1.165) is 24.7 Å². The maximum atomic E-state index is 6.28. The molecule has 0 aromatic heterocycles. The van der Waals surface area contributed by atoms with Gasteiger partial charge in [-0.3, -0.25) is 0 Å². The fourth-order valence-corrected chi connectivity index (χ4v) is 9.45. The SMILES string of the molecule is CC(C)(C)P1CCOc2cc3ccccc3cc2OCCP(C(C)(C)C)CC1. The predicted octanol–water partition coefficient (Wildman–Crippen LogP) is 7.17. The average Bonchev–Trinajstić information content (AvgIpc) is 2.59. The van der Waals surface area contributed by atoms with Crippen LogP contribution in [0.2, 0.25) is 0 Å². The number of rotatable bonds is 0. The number of hydrogen-bond donors (Lipinski definition) is 0. The van der Waals surface area contributed by atoms with Crippen molar-refractivity contribution in [2.24, 2.45) is 0 Å². The first kappa shape index (κ1) is 21.9. The molecule has 28 heavy (non-hydrogen) atoms. The van der Waals surface area contributed by atoms with Gasteiger partial charge in [0.1, 0.15) is 0 Å². The van der Waals surface area contributed by atoms with Crippen molar-refractivity contribution >= 4 is 26.6 Å². The second-order valence-electron chi connectivity index (χ2n) is 9.66. The van der Waals surface area contributed by atoms with Crippen LogP contribution >= 0.6 is 15.8 Å². The van der Waals surface area contributed by atoms with Crippen molar-refractivity contribution in [1.29, 1.82) is 0 Å². The zero-order valence-electron chi connectivity index (χ0n) is 18.4. The average molecular weight is 418 g/mol. The Balaban J connectivity index is 1.90. The van der Waals surface area contributed by atoms with Gasteiger partial charge in [-0.2, -0.15) is 0 Å². The molecule has 3 rings (SSSR count). The third-order valence-electron chi connectivity index (χ3n) is 5.59. The molecule has 0 amide bonds. The summed E-state index contributed by atoms with van der Waals surface area (Å²) >= 11 is 0. The molecule has 0 saturated heterocycles. The lowest BCUT2D eigenvalue weighted by atomic mass is 10.1. The summed E-state index contributed by atoms with van der Waals surface area (Å²) in [6.07, 6.45) is 5.04. The standard InChI is InChI=1S/C24H36O2P2/c1-23(2,3)27-13-11-25-21-17-19-9-7-8-10-20(19)18-22(21)26-12-14-28(16-15-27)24(4,5)6/h7-10,17-18H,11-16H2,1-6H3. The smallest absolute Gasteiger partial charge is 0.161 e. The van der Waals surface area contributed by atoms with Gasteiger partial charge in [0.05, 0.1) is 13.2 Å². The Hall–Kier alpha value is -0.840. The van der Waals surface area contributed by atoms with E-state index in [1.165, 1.54) is 35.4 Å². The summed E-state index contributed by atoms with van der Waals surface area (Å²) in [6, 6.07) is 12.8. The summed E-state index contributed by atoms with van der Waals surface area (Å²) in [5, 5.41) is 3.19. The molecule has 2 aromatic rings. The summed E-state index contributed by atoms with van der Waals surface area (Å²) in [6.45, 7) is 16.0. The molecule has 2 unspecified atom stereocenters. The van der Waals surface area contributed by atoms with Crippen LogP contribution in [0, 0.1) is 0 Å². The molecule has 0 saturated carbocycles. The summed E-state index contributed by atoms with van der Waals surface area (Å²) in [7, 11) is -0.106. The fourth-order valence-electron chi connectivity index (χ4n) is 3.76. The Morgan fingerprint density at radius 2 is 1.04 bits per heavy atom. The largest absolute Gasteiger partial charge is 0.489 e. The molecule has 2 atom stereocenters. The van der Waals surface area contributed by atoms with Crippen LogP contribution in [0.5, 0.6) is 11.5 Å². The van der Waals surface area contributed by atoms with Gasteiger partial charge in [-0.25, -0.2) is 0 Å². The van der Waals surface area contributed by atoms with Crippen molar-refractivity contribution in [1.82, 2.24) is 0 Å². The van der Waals surface area contributed by atoms with E-state index < -0.39 is 0 Å². The Labute approximate surface area is 173 Å². The lowest BCUT2D eigenvalue weighted by Crippen LogP contribution is -2.24. The molecule has 2 aromatic carbocycles. The number of hydrogen-bond acceptors (Lipinski definition) is 2. The summed E-state index contributed by atoms with van der Waals surface area (Å²) in [5.41, 5.74) is 0. The maximum absolute atomic E-state index is 6.28. The summed E-state index contributed by atoms with van der Waals surface area (Å²) in [5.74, 6) is 1.81. The van der Waals surface area contributed by atoms with Crippen LogP contribution in [-0.4, -0.2) is 48.2 Å². The van der Waals surface area contributed by atoms with Crippen LogP contribution < -0.4 is 9.47 Å². The van der Waals surface area contributed by atoms with Crippen molar-refractivity contribution < 1.29 is 9.47 Å². The van der Waals surface area contributed by atoms with E-state index >= 15 is 0 Å². The monoisotopic (exact) mass is 418 g/mol. The van der Waals surface area contributed by atoms with E-state index in [2.05, 4.69) is 77.9 Å². The highest BCUT2D eigenvalue weighted by atomic mass is 31.1. The van der Waals surface area contributed by atoms with Crippen LogP contribution in [0.3, 0.4) is 0 Å². The van der Waals surface area contributed by atoms with E-state index in [1.54, 1.807) is 0 Å². The lowest BCUT2D eigenvalue weighted by molar-refractivity contribution is 0.290. The van der Waals surface area contributed by atoms with Gasteiger partial charge >= 0.3 is 0 Å². The van der Waals surface area contributed by atoms with E-state index in [4.69, 9.17) is 9.47 Å². The number of fused-ring (bicyclic) bond motifs is 2. The van der Waals surface area contributed by atoms with Crippen molar-refractivity contribution in [2.45, 2.75) is 51.9 Å². The molecular formula is C24H36O2P2. The third-order valence-corrected chi connectivity index (χ3v) is 12.7. The minimum atomic E-state index is -0.0531. The van der Waals surface area contributed by atoms with Crippen LogP contribution in [-0.2, 0) is 0 Å². The van der Waals surface area contributed by atoms with Crippen LogP contribution in [0.1, 0.15) is 41.5 Å². The molecule has 1 aliphatic rings. The molecule has 0 bridgehead atoms. The van der Waals surface area contributed by atoms with Gasteiger partial charge in [-0.1, -0.05) is 81.7 Å². The lowest BCUT2D eigenvalue weighted by Gasteiger charge is -2.37. The Kier molecular flexibility index (Phi) is 6.94. The molecule has 4 heteroatoms. The maximum Gasteiger partial charge on any atom is 0.161 e. The molecule has 1 heterocycles. The van der Waals surface area contributed by atoms with E-state index in [9.17, 15) is 0 Å².